The van der Waals surface area contributed by atoms with Gasteiger partial charge in [0.05, 0.1) is 13.2 Å². The summed E-state index contributed by atoms with van der Waals surface area (Å²) in [7, 11) is -3.20. The van der Waals surface area contributed by atoms with E-state index >= 15 is 0 Å². The van der Waals surface area contributed by atoms with E-state index in [1.165, 1.54) is 0 Å². The second-order valence-corrected chi connectivity index (χ2v) is 22.8. The molecule has 1 nitrogen and oxygen atoms in total. The van der Waals surface area contributed by atoms with Gasteiger partial charge in [-0.1, -0.05) is 66.1 Å². The molecule has 1 aliphatic heterocycles. The molecule has 0 N–H and O–H groups in total. The summed E-state index contributed by atoms with van der Waals surface area (Å²) in [5.74, 6) is 0. The van der Waals surface area contributed by atoms with Crippen molar-refractivity contribution in [3.8, 4) is 0 Å². The first kappa shape index (κ1) is 15.9. The third-order valence-electron chi connectivity index (χ3n) is 6.64. The standard InChI is InChI=1S/C15H30OSi2/c1-11-15(12-2)13(3,4)14(5,6)17(7,8)18(9,10)16-15/h11-12H,1-2H2,3-10H3. The van der Waals surface area contributed by atoms with Gasteiger partial charge in [0, 0.05) is 5.41 Å². The van der Waals surface area contributed by atoms with Gasteiger partial charge in [0.25, 0.3) is 0 Å². The summed E-state index contributed by atoms with van der Waals surface area (Å²) in [6.45, 7) is 27.3. The Kier molecular flexibility index (Phi) is 3.48. The van der Waals surface area contributed by atoms with E-state index in [0.29, 0.717) is 0 Å². The van der Waals surface area contributed by atoms with Crippen molar-refractivity contribution in [2.75, 3.05) is 0 Å². The highest BCUT2D eigenvalue weighted by molar-refractivity contribution is 7.39. The van der Waals surface area contributed by atoms with Crippen molar-refractivity contribution in [3.63, 3.8) is 0 Å². The molecule has 0 unspecified atom stereocenters. The van der Waals surface area contributed by atoms with Crippen molar-refractivity contribution in [1.29, 1.82) is 0 Å². The molecule has 0 aliphatic carbocycles. The largest absolute Gasteiger partial charge is 0.407 e. The molecule has 0 atom stereocenters. The summed E-state index contributed by atoms with van der Waals surface area (Å²) in [6, 6.07) is 0. The van der Waals surface area contributed by atoms with Gasteiger partial charge in [0.1, 0.15) is 0 Å². The molecule has 0 aromatic heterocycles. The van der Waals surface area contributed by atoms with Crippen molar-refractivity contribution < 1.29 is 4.43 Å². The Balaban J connectivity index is 3.60. The fourth-order valence-electron chi connectivity index (χ4n) is 3.38. The minimum atomic E-state index is -1.72. The van der Waals surface area contributed by atoms with Crippen LogP contribution >= 0.6 is 0 Å². The highest BCUT2D eigenvalue weighted by Gasteiger charge is 2.68. The maximum absolute atomic E-state index is 6.69. The van der Waals surface area contributed by atoms with E-state index in [9.17, 15) is 0 Å². The maximum atomic E-state index is 6.69. The van der Waals surface area contributed by atoms with Crippen molar-refractivity contribution in [1.82, 2.24) is 0 Å². The molecule has 0 bridgehead atoms. The molecule has 0 aromatic carbocycles. The lowest BCUT2D eigenvalue weighted by Gasteiger charge is -2.67. The minimum Gasteiger partial charge on any atom is -0.407 e. The number of hydrogen-bond donors (Lipinski definition) is 0. The zero-order valence-corrected chi connectivity index (χ0v) is 15.5. The lowest BCUT2D eigenvalue weighted by Crippen LogP contribution is -2.76. The molecule has 1 aliphatic rings. The summed E-state index contributed by atoms with van der Waals surface area (Å²) in [6.07, 6.45) is 3.94. The monoisotopic (exact) mass is 282 g/mol. The highest BCUT2D eigenvalue weighted by atomic mass is 29.3. The Bertz CT molecular complexity index is 370. The Labute approximate surface area is 115 Å². The third-order valence-corrected chi connectivity index (χ3v) is 25.5. The molecule has 3 heteroatoms. The SMILES string of the molecule is C=CC1(C=C)O[Si](C)(C)[Si](C)(C)C(C)(C)C1(C)C. The van der Waals surface area contributed by atoms with E-state index in [1.807, 2.05) is 12.2 Å². The predicted molar refractivity (Wildman–Crippen MR) is 87.0 cm³/mol. The van der Waals surface area contributed by atoms with Crippen LogP contribution < -0.4 is 0 Å². The van der Waals surface area contributed by atoms with Crippen LogP contribution in [0.4, 0.5) is 0 Å². The fraction of sp³-hybridized carbons (Fsp3) is 0.733. The van der Waals surface area contributed by atoms with Crippen LogP contribution in [0.2, 0.25) is 31.2 Å². The smallest absolute Gasteiger partial charge is 0.176 e. The van der Waals surface area contributed by atoms with Crippen LogP contribution in [0.5, 0.6) is 0 Å². The van der Waals surface area contributed by atoms with Crippen LogP contribution in [0, 0.1) is 5.41 Å². The molecule has 104 valence electrons. The highest BCUT2D eigenvalue weighted by Crippen LogP contribution is 2.65. The van der Waals surface area contributed by atoms with Gasteiger partial charge in [-0.25, -0.2) is 0 Å². The van der Waals surface area contributed by atoms with E-state index in [4.69, 9.17) is 4.43 Å². The zero-order chi connectivity index (χ0) is 14.6. The molecule has 0 radical (unpaired) electrons. The molecule has 1 heterocycles. The van der Waals surface area contributed by atoms with E-state index in [1.54, 1.807) is 0 Å². The zero-order valence-electron chi connectivity index (χ0n) is 13.5. The van der Waals surface area contributed by atoms with Crippen molar-refractivity contribution in [3.05, 3.63) is 25.3 Å². The van der Waals surface area contributed by atoms with E-state index in [2.05, 4.69) is 67.0 Å². The average molecular weight is 283 g/mol. The van der Waals surface area contributed by atoms with Crippen LogP contribution in [-0.4, -0.2) is 21.0 Å². The summed E-state index contributed by atoms with van der Waals surface area (Å²) in [4.78, 5) is 0. The van der Waals surface area contributed by atoms with Gasteiger partial charge >= 0.3 is 0 Å². The number of hydrogen-bond acceptors (Lipinski definition) is 1. The Hall–Kier alpha value is -0.126. The van der Waals surface area contributed by atoms with E-state index < -0.39 is 21.0 Å². The number of rotatable bonds is 2. The Morgan fingerprint density at radius 1 is 0.889 bits per heavy atom. The van der Waals surface area contributed by atoms with Crippen molar-refractivity contribution in [2.45, 2.75) is 64.5 Å². The summed E-state index contributed by atoms with van der Waals surface area (Å²) in [5, 5.41) is 0.274. The molecular formula is C15H30OSi2. The summed E-state index contributed by atoms with van der Waals surface area (Å²) >= 11 is 0. The van der Waals surface area contributed by atoms with E-state index in [0.717, 1.165) is 0 Å². The van der Waals surface area contributed by atoms with Gasteiger partial charge < -0.3 is 4.43 Å². The average Bonchev–Trinajstić information content (AvgIpc) is 2.23. The van der Waals surface area contributed by atoms with Crippen LogP contribution in [-0.2, 0) is 4.43 Å². The molecule has 18 heavy (non-hydrogen) atoms. The fourth-order valence-corrected chi connectivity index (χ4v) is 14.9. The Morgan fingerprint density at radius 3 is 1.61 bits per heavy atom. The predicted octanol–water partition coefficient (Wildman–Crippen LogP) is 4.93. The normalized spacial score (nSPS) is 30.4. The van der Waals surface area contributed by atoms with Crippen LogP contribution in [0.3, 0.4) is 0 Å². The minimum absolute atomic E-state index is 0.0156. The van der Waals surface area contributed by atoms with Gasteiger partial charge in [0.15, 0.2) is 7.83 Å². The Morgan fingerprint density at radius 2 is 1.28 bits per heavy atom. The second kappa shape index (κ2) is 3.93. The second-order valence-electron chi connectivity index (χ2n) is 7.69. The van der Waals surface area contributed by atoms with Gasteiger partial charge in [-0.3, -0.25) is 0 Å². The summed E-state index contributed by atoms with van der Waals surface area (Å²) < 4.78 is 6.69. The molecule has 1 rings (SSSR count). The van der Waals surface area contributed by atoms with E-state index in [-0.39, 0.29) is 10.5 Å². The third kappa shape index (κ3) is 1.53. The van der Waals surface area contributed by atoms with Crippen LogP contribution in [0.25, 0.3) is 0 Å². The first-order valence-electron chi connectivity index (χ1n) is 6.80. The van der Waals surface area contributed by atoms with Gasteiger partial charge in [-0.2, -0.15) is 0 Å². The molecule has 0 aromatic rings. The van der Waals surface area contributed by atoms with Gasteiger partial charge in [0.2, 0.25) is 0 Å². The molecule has 0 spiro atoms. The first-order valence-corrected chi connectivity index (χ1v) is 13.7. The van der Waals surface area contributed by atoms with Gasteiger partial charge in [-0.05, 0) is 18.1 Å². The quantitative estimate of drug-likeness (QED) is 0.515. The summed E-state index contributed by atoms with van der Waals surface area (Å²) in [5.41, 5.74) is -0.378. The maximum Gasteiger partial charge on any atom is 0.176 e. The molecular weight excluding hydrogens is 252 g/mol. The first-order chi connectivity index (χ1) is 7.83. The molecule has 0 saturated carbocycles. The molecule has 0 amide bonds. The van der Waals surface area contributed by atoms with Crippen molar-refractivity contribution >= 4 is 15.4 Å². The van der Waals surface area contributed by atoms with Gasteiger partial charge in [-0.15, -0.1) is 0 Å². The van der Waals surface area contributed by atoms with Crippen molar-refractivity contribution in [2.24, 2.45) is 5.41 Å². The van der Waals surface area contributed by atoms with Crippen LogP contribution in [0.1, 0.15) is 27.7 Å². The molecule has 1 fully saturated rings. The van der Waals surface area contributed by atoms with Crippen LogP contribution in [0.15, 0.2) is 25.3 Å². The lowest BCUT2D eigenvalue weighted by atomic mass is 9.67. The topological polar surface area (TPSA) is 9.23 Å². The molecule has 1 saturated heterocycles. The lowest BCUT2D eigenvalue weighted by molar-refractivity contribution is -0.00310.